The second-order valence-electron chi connectivity index (χ2n) is 5.98. The molecule has 1 saturated carbocycles. The molecule has 124 valence electrons. The average molecular weight is 344 g/mol. The van der Waals surface area contributed by atoms with Crippen LogP contribution in [0.15, 0.2) is 24.3 Å². The highest BCUT2D eigenvalue weighted by atomic mass is 35.5. The van der Waals surface area contributed by atoms with Gasteiger partial charge in [-0.15, -0.1) is 0 Å². The molecule has 0 bridgehead atoms. The number of nitrogens with zero attached hydrogens (tertiary/aromatic N) is 1. The molecule has 1 aromatic heterocycles. The Morgan fingerprint density at radius 3 is 2.70 bits per heavy atom. The van der Waals surface area contributed by atoms with E-state index in [0.717, 1.165) is 31.7 Å². The summed E-state index contributed by atoms with van der Waals surface area (Å²) in [6, 6.07) is 5.88. The van der Waals surface area contributed by atoms with Gasteiger partial charge in [0.1, 0.15) is 5.69 Å². The predicted octanol–water partition coefficient (Wildman–Crippen LogP) is 4.59. The van der Waals surface area contributed by atoms with Gasteiger partial charge in [-0.2, -0.15) is 13.2 Å². The summed E-state index contributed by atoms with van der Waals surface area (Å²) >= 11 is 5.99. The minimum absolute atomic E-state index is 0.0596. The number of rotatable bonds is 2. The molecule has 1 aromatic carbocycles. The fourth-order valence-corrected chi connectivity index (χ4v) is 3.21. The normalized spacial score (nSPS) is 22.3. The van der Waals surface area contributed by atoms with Crippen LogP contribution in [0.25, 0.3) is 10.9 Å². The van der Waals surface area contributed by atoms with Crippen molar-refractivity contribution in [3.63, 3.8) is 0 Å². The Labute approximate surface area is 137 Å². The molecule has 1 fully saturated rings. The second kappa shape index (κ2) is 6.17. The van der Waals surface area contributed by atoms with E-state index in [0.29, 0.717) is 16.1 Å². The summed E-state index contributed by atoms with van der Waals surface area (Å²) in [5.41, 5.74) is 5.73. The molecule has 0 amide bonds. The van der Waals surface area contributed by atoms with Gasteiger partial charge in [-0.1, -0.05) is 11.6 Å². The van der Waals surface area contributed by atoms with Crippen molar-refractivity contribution >= 4 is 28.2 Å². The number of hydrogen-bond donors (Lipinski definition) is 2. The molecule has 1 heterocycles. The van der Waals surface area contributed by atoms with Crippen molar-refractivity contribution in [3.8, 4) is 0 Å². The molecule has 0 spiro atoms. The minimum atomic E-state index is -4.49. The maximum absolute atomic E-state index is 13.1. The zero-order chi connectivity index (χ0) is 16.6. The maximum Gasteiger partial charge on any atom is 0.433 e. The van der Waals surface area contributed by atoms with Crippen molar-refractivity contribution in [1.82, 2.24) is 4.98 Å². The molecule has 3 N–H and O–H groups in total. The molecular formula is C16H17ClF3N3. The number of alkyl halides is 3. The maximum atomic E-state index is 13.1. The quantitative estimate of drug-likeness (QED) is 0.838. The predicted molar refractivity (Wildman–Crippen MR) is 85.6 cm³/mol. The van der Waals surface area contributed by atoms with Crippen molar-refractivity contribution < 1.29 is 13.2 Å². The SMILES string of the molecule is NC1CCC[C@@H](Nc2cc(C(F)(F)F)nc3ccc(Cl)cc23)C1. The minimum Gasteiger partial charge on any atom is -0.382 e. The first kappa shape index (κ1) is 16.3. The third-order valence-corrected chi connectivity index (χ3v) is 4.37. The second-order valence-corrected chi connectivity index (χ2v) is 6.42. The Morgan fingerprint density at radius 1 is 1.22 bits per heavy atom. The van der Waals surface area contributed by atoms with E-state index in [1.54, 1.807) is 6.07 Å². The van der Waals surface area contributed by atoms with Crippen LogP contribution in [0, 0.1) is 0 Å². The summed E-state index contributed by atoms with van der Waals surface area (Å²) in [7, 11) is 0. The van der Waals surface area contributed by atoms with Crippen LogP contribution in [0.2, 0.25) is 5.02 Å². The molecule has 1 aliphatic rings. The van der Waals surface area contributed by atoms with Crippen LogP contribution < -0.4 is 11.1 Å². The number of fused-ring (bicyclic) bond motifs is 1. The van der Waals surface area contributed by atoms with E-state index in [2.05, 4.69) is 10.3 Å². The first-order valence-electron chi connectivity index (χ1n) is 7.52. The fraction of sp³-hybridized carbons (Fsp3) is 0.438. The van der Waals surface area contributed by atoms with Gasteiger partial charge in [0.15, 0.2) is 0 Å². The van der Waals surface area contributed by atoms with Crippen LogP contribution >= 0.6 is 11.6 Å². The van der Waals surface area contributed by atoms with Crippen molar-refractivity contribution in [1.29, 1.82) is 0 Å². The Kier molecular flexibility index (Phi) is 4.38. The monoisotopic (exact) mass is 343 g/mol. The number of nitrogens with one attached hydrogen (secondary N) is 1. The number of anilines is 1. The highest BCUT2D eigenvalue weighted by Gasteiger charge is 2.33. The third kappa shape index (κ3) is 3.70. The zero-order valence-corrected chi connectivity index (χ0v) is 13.1. The van der Waals surface area contributed by atoms with Gasteiger partial charge >= 0.3 is 6.18 Å². The highest BCUT2D eigenvalue weighted by Crippen LogP contribution is 2.35. The highest BCUT2D eigenvalue weighted by molar-refractivity contribution is 6.31. The number of hydrogen-bond acceptors (Lipinski definition) is 3. The lowest BCUT2D eigenvalue weighted by molar-refractivity contribution is -0.140. The van der Waals surface area contributed by atoms with Gasteiger partial charge in [0.25, 0.3) is 0 Å². The largest absolute Gasteiger partial charge is 0.433 e. The number of benzene rings is 1. The third-order valence-electron chi connectivity index (χ3n) is 4.14. The topological polar surface area (TPSA) is 50.9 Å². The molecule has 3 rings (SSSR count). The number of nitrogens with two attached hydrogens (primary N) is 1. The van der Waals surface area contributed by atoms with E-state index in [1.165, 1.54) is 12.1 Å². The van der Waals surface area contributed by atoms with E-state index in [9.17, 15) is 13.2 Å². The summed E-state index contributed by atoms with van der Waals surface area (Å²) in [5.74, 6) is 0. The van der Waals surface area contributed by atoms with E-state index in [-0.39, 0.29) is 17.6 Å². The van der Waals surface area contributed by atoms with Gasteiger partial charge in [0.2, 0.25) is 0 Å². The average Bonchev–Trinajstić information content (AvgIpc) is 2.46. The fourth-order valence-electron chi connectivity index (χ4n) is 3.04. The molecule has 7 heteroatoms. The number of halogens is 4. The van der Waals surface area contributed by atoms with Gasteiger partial charge in [-0.05, 0) is 49.9 Å². The number of aromatic nitrogens is 1. The molecule has 2 atom stereocenters. The Bertz CT molecular complexity index is 718. The van der Waals surface area contributed by atoms with E-state index in [4.69, 9.17) is 17.3 Å². The molecular weight excluding hydrogens is 327 g/mol. The molecule has 0 aliphatic heterocycles. The van der Waals surface area contributed by atoms with Crippen LogP contribution in [0.5, 0.6) is 0 Å². The lowest BCUT2D eigenvalue weighted by Crippen LogP contribution is -2.35. The van der Waals surface area contributed by atoms with Crippen molar-refractivity contribution in [2.45, 2.75) is 43.9 Å². The van der Waals surface area contributed by atoms with Crippen molar-refractivity contribution in [2.75, 3.05) is 5.32 Å². The molecule has 2 aromatic rings. The van der Waals surface area contributed by atoms with Crippen molar-refractivity contribution in [3.05, 3.63) is 35.0 Å². The molecule has 0 radical (unpaired) electrons. The van der Waals surface area contributed by atoms with Gasteiger partial charge in [0.05, 0.1) is 5.52 Å². The summed E-state index contributed by atoms with van der Waals surface area (Å²) in [6.07, 6.45) is -0.942. The van der Waals surface area contributed by atoms with Gasteiger partial charge in [0, 0.05) is 28.2 Å². The van der Waals surface area contributed by atoms with Crippen LogP contribution in [0.4, 0.5) is 18.9 Å². The zero-order valence-electron chi connectivity index (χ0n) is 12.3. The van der Waals surface area contributed by atoms with Gasteiger partial charge < -0.3 is 11.1 Å². The van der Waals surface area contributed by atoms with Crippen LogP contribution in [0.3, 0.4) is 0 Å². The Hall–Kier alpha value is -1.53. The Balaban J connectivity index is 2.03. The first-order chi connectivity index (χ1) is 10.8. The van der Waals surface area contributed by atoms with Crippen LogP contribution in [-0.4, -0.2) is 17.1 Å². The smallest absolute Gasteiger partial charge is 0.382 e. The molecule has 1 aliphatic carbocycles. The van der Waals surface area contributed by atoms with Gasteiger partial charge in [-0.25, -0.2) is 4.98 Å². The lowest BCUT2D eigenvalue weighted by Gasteiger charge is -2.28. The summed E-state index contributed by atoms with van der Waals surface area (Å²) < 4.78 is 39.2. The van der Waals surface area contributed by atoms with Crippen molar-refractivity contribution in [2.24, 2.45) is 5.73 Å². The van der Waals surface area contributed by atoms with Crippen LogP contribution in [-0.2, 0) is 6.18 Å². The van der Waals surface area contributed by atoms with E-state index >= 15 is 0 Å². The molecule has 23 heavy (non-hydrogen) atoms. The summed E-state index contributed by atoms with van der Waals surface area (Å²) in [6.45, 7) is 0. The lowest BCUT2D eigenvalue weighted by atomic mass is 9.91. The van der Waals surface area contributed by atoms with E-state index < -0.39 is 11.9 Å². The van der Waals surface area contributed by atoms with Gasteiger partial charge in [-0.3, -0.25) is 0 Å². The summed E-state index contributed by atoms with van der Waals surface area (Å²) in [5, 5.41) is 4.26. The number of pyridine rings is 1. The standard InChI is InChI=1S/C16H17ClF3N3/c17-9-4-5-13-12(6-9)14(8-15(23-13)16(18,19)20)22-11-3-1-2-10(21)7-11/h4-6,8,10-11H,1-3,7,21H2,(H,22,23)/t10?,11-/m1/s1. The molecule has 3 nitrogen and oxygen atoms in total. The van der Waals surface area contributed by atoms with E-state index in [1.807, 2.05) is 0 Å². The first-order valence-corrected chi connectivity index (χ1v) is 7.90. The Morgan fingerprint density at radius 2 is 2.00 bits per heavy atom. The molecule has 1 unspecified atom stereocenters. The summed E-state index contributed by atoms with van der Waals surface area (Å²) in [4.78, 5) is 3.71. The van der Waals surface area contributed by atoms with Crippen LogP contribution in [0.1, 0.15) is 31.4 Å². The molecule has 0 saturated heterocycles.